The van der Waals surface area contributed by atoms with E-state index in [-0.39, 0.29) is 18.6 Å². The maximum atomic E-state index is 11.9. The Bertz CT molecular complexity index is 568. The van der Waals surface area contributed by atoms with E-state index in [0.29, 0.717) is 5.69 Å². The average molecular weight is 299 g/mol. The first-order chi connectivity index (χ1) is 9.33. The van der Waals surface area contributed by atoms with E-state index in [2.05, 4.69) is 5.32 Å². The van der Waals surface area contributed by atoms with Crippen molar-refractivity contribution in [3.63, 3.8) is 0 Å². The van der Waals surface area contributed by atoms with Gasteiger partial charge in [0.05, 0.1) is 5.75 Å². The largest absolute Gasteiger partial charge is 0.481 e. The van der Waals surface area contributed by atoms with Crippen molar-refractivity contribution in [2.24, 2.45) is 0 Å². The third-order valence-corrected chi connectivity index (χ3v) is 4.92. The first-order valence-electron chi connectivity index (χ1n) is 6.12. The van der Waals surface area contributed by atoms with Crippen molar-refractivity contribution in [3.8, 4) is 0 Å². The molecule has 2 N–H and O–H groups in total. The predicted octanol–water partition coefficient (Wildman–Crippen LogP) is 1.29. The van der Waals surface area contributed by atoms with Crippen LogP contribution in [0.5, 0.6) is 0 Å². The third kappa shape index (κ3) is 5.00. The van der Waals surface area contributed by atoms with Gasteiger partial charge in [-0.1, -0.05) is 18.2 Å². The maximum absolute atomic E-state index is 11.9. The van der Waals surface area contributed by atoms with Gasteiger partial charge in [-0.3, -0.25) is 9.59 Å². The summed E-state index contributed by atoms with van der Waals surface area (Å²) in [7, 11) is -3.65. The molecule has 0 saturated heterocycles. The number of aliphatic carboxylic acids is 1. The van der Waals surface area contributed by atoms with Crippen LogP contribution >= 0.6 is 0 Å². The summed E-state index contributed by atoms with van der Waals surface area (Å²) in [4.78, 5) is 22.2. The second-order valence-electron chi connectivity index (χ2n) is 4.36. The Hall–Kier alpha value is -1.89. The Morgan fingerprint density at radius 2 is 1.85 bits per heavy atom. The predicted molar refractivity (Wildman–Crippen MR) is 75.2 cm³/mol. The molecule has 0 aliphatic rings. The van der Waals surface area contributed by atoms with Crippen molar-refractivity contribution in [1.29, 1.82) is 0 Å². The van der Waals surface area contributed by atoms with Gasteiger partial charge in [-0.2, -0.15) is 0 Å². The summed E-state index contributed by atoms with van der Waals surface area (Å²) < 4.78 is 23.8. The molecular weight excluding hydrogens is 282 g/mol. The first kappa shape index (κ1) is 16.2. The van der Waals surface area contributed by atoms with Gasteiger partial charge in [-0.25, -0.2) is 8.42 Å². The number of amides is 1. The number of nitrogens with one attached hydrogen (secondary N) is 1. The van der Waals surface area contributed by atoms with Crippen LogP contribution in [0.4, 0.5) is 5.69 Å². The number of hydrogen-bond acceptors (Lipinski definition) is 4. The highest BCUT2D eigenvalue weighted by Gasteiger charge is 2.27. The highest BCUT2D eigenvalue weighted by atomic mass is 32.2. The number of carbonyl (C=O) groups excluding carboxylic acids is 1. The topological polar surface area (TPSA) is 101 Å². The van der Waals surface area contributed by atoms with Gasteiger partial charge in [0.25, 0.3) is 0 Å². The summed E-state index contributed by atoms with van der Waals surface area (Å²) in [5, 5.41) is 9.78. The fourth-order valence-corrected chi connectivity index (χ4v) is 2.82. The van der Waals surface area contributed by atoms with E-state index >= 15 is 0 Å². The number of hydrogen-bond donors (Lipinski definition) is 2. The summed E-state index contributed by atoms with van der Waals surface area (Å²) >= 11 is 0. The summed E-state index contributed by atoms with van der Waals surface area (Å²) in [6.45, 7) is 1.30. The Morgan fingerprint density at radius 3 is 2.40 bits per heavy atom. The lowest BCUT2D eigenvalue weighted by Crippen LogP contribution is -2.34. The van der Waals surface area contributed by atoms with Gasteiger partial charge in [-0.15, -0.1) is 0 Å². The maximum Gasteiger partial charge on any atom is 0.303 e. The standard InChI is InChI=1S/C13H17NO5S/c1-10(20(18,19)9-5-8-12(15)16)13(17)14-11-6-3-2-4-7-11/h2-4,6-7,10H,5,8-9H2,1H3,(H,14,17)(H,15,16). The van der Waals surface area contributed by atoms with Crippen molar-refractivity contribution in [2.75, 3.05) is 11.1 Å². The molecule has 0 saturated carbocycles. The minimum absolute atomic E-state index is 0.000619. The van der Waals surface area contributed by atoms with E-state index in [4.69, 9.17) is 5.11 Å². The molecule has 1 aromatic rings. The number of rotatable bonds is 7. The fraction of sp³-hybridized carbons (Fsp3) is 0.385. The molecule has 0 aliphatic carbocycles. The van der Waals surface area contributed by atoms with Crippen LogP contribution in [0, 0.1) is 0 Å². The van der Waals surface area contributed by atoms with Crippen LogP contribution in [0.15, 0.2) is 30.3 Å². The molecule has 1 aromatic carbocycles. The number of para-hydroxylation sites is 1. The molecule has 0 radical (unpaired) electrons. The molecule has 20 heavy (non-hydrogen) atoms. The van der Waals surface area contributed by atoms with Crippen LogP contribution in [0.3, 0.4) is 0 Å². The summed E-state index contributed by atoms with van der Waals surface area (Å²) in [5.41, 5.74) is 0.519. The minimum atomic E-state index is -3.65. The van der Waals surface area contributed by atoms with Crippen LogP contribution in [-0.2, 0) is 19.4 Å². The number of benzene rings is 1. The molecule has 1 rings (SSSR count). The molecule has 110 valence electrons. The van der Waals surface area contributed by atoms with Crippen LogP contribution in [-0.4, -0.2) is 36.4 Å². The smallest absolute Gasteiger partial charge is 0.303 e. The monoisotopic (exact) mass is 299 g/mol. The Kier molecular flexibility index (Phi) is 5.69. The number of anilines is 1. The van der Waals surface area contributed by atoms with Crippen molar-refractivity contribution >= 4 is 27.4 Å². The summed E-state index contributed by atoms with van der Waals surface area (Å²) in [6, 6.07) is 8.54. The van der Waals surface area contributed by atoms with Crippen molar-refractivity contribution in [2.45, 2.75) is 25.0 Å². The second kappa shape index (κ2) is 7.04. The molecule has 6 nitrogen and oxygen atoms in total. The molecule has 1 unspecified atom stereocenters. The van der Waals surface area contributed by atoms with E-state index in [9.17, 15) is 18.0 Å². The van der Waals surface area contributed by atoms with Gasteiger partial charge in [0.1, 0.15) is 5.25 Å². The highest BCUT2D eigenvalue weighted by Crippen LogP contribution is 2.10. The lowest BCUT2D eigenvalue weighted by molar-refractivity contribution is -0.137. The van der Waals surface area contributed by atoms with Crippen LogP contribution < -0.4 is 5.32 Å². The zero-order valence-corrected chi connectivity index (χ0v) is 11.9. The number of carbonyl (C=O) groups is 2. The van der Waals surface area contributed by atoms with Gasteiger partial charge in [-0.05, 0) is 25.5 Å². The molecule has 1 amide bonds. The summed E-state index contributed by atoms with van der Waals surface area (Å²) in [5.74, 6) is -1.99. The van der Waals surface area contributed by atoms with Crippen molar-refractivity contribution in [3.05, 3.63) is 30.3 Å². The molecule has 1 atom stereocenters. The van der Waals surface area contributed by atoms with E-state index < -0.39 is 27.0 Å². The lowest BCUT2D eigenvalue weighted by Gasteiger charge is -2.13. The Morgan fingerprint density at radius 1 is 1.25 bits per heavy atom. The second-order valence-corrected chi connectivity index (χ2v) is 6.80. The molecule has 0 fully saturated rings. The SMILES string of the molecule is CC(C(=O)Nc1ccccc1)S(=O)(=O)CCCC(=O)O. The van der Waals surface area contributed by atoms with Gasteiger partial charge in [0.15, 0.2) is 9.84 Å². The minimum Gasteiger partial charge on any atom is -0.481 e. The zero-order valence-electron chi connectivity index (χ0n) is 11.1. The van der Waals surface area contributed by atoms with Crippen LogP contribution in [0.2, 0.25) is 0 Å². The van der Waals surface area contributed by atoms with Gasteiger partial charge in [0, 0.05) is 12.1 Å². The van der Waals surface area contributed by atoms with Crippen molar-refractivity contribution < 1.29 is 23.1 Å². The van der Waals surface area contributed by atoms with E-state index in [1.165, 1.54) is 6.92 Å². The molecule has 0 aromatic heterocycles. The fourth-order valence-electron chi connectivity index (χ4n) is 1.53. The van der Waals surface area contributed by atoms with E-state index in [1.54, 1.807) is 30.3 Å². The first-order valence-corrected chi connectivity index (χ1v) is 7.84. The quantitative estimate of drug-likeness (QED) is 0.790. The summed E-state index contributed by atoms with van der Waals surface area (Å²) in [6.07, 6.45) is -0.229. The van der Waals surface area contributed by atoms with E-state index in [0.717, 1.165) is 0 Å². The highest BCUT2D eigenvalue weighted by molar-refractivity contribution is 7.92. The van der Waals surface area contributed by atoms with Gasteiger partial charge in [0.2, 0.25) is 5.91 Å². The zero-order chi connectivity index (χ0) is 15.2. The van der Waals surface area contributed by atoms with Crippen molar-refractivity contribution in [1.82, 2.24) is 0 Å². The molecule has 0 aliphatic heterocycles. The molecule has 7 heteroatoms. The Balaban J connectivity index is 2.61. The number of sulfone groups is 1. The number of carboxylic acids is 1. The third-order valence-electron chi connectivity index (χ3n) is 2.77. The Labute approximate surface area is 117 Å². The van der Waals surface area contributed by atoms with Crippen LogP contribution in [0.1, 0.15) is 19.8 Å². The van der Waals surface area contributed by atoms with Gasteiger partial charge < -0.3 is 10.4 Å². The van der Waals surface area contributed by atoms with Gasteiger partial charge >= 0.3 is 5.97 Å². The molecule has 0 spiro atoms. The normalized spacial score (nSPS) is 12.7. The molecule has 0 heterocycles. The molecule has 0 bridgehead atoms. The lowest BCUT2D eigenvalue weighted by atomic mass is 10.3. The molecular formula is C13H17NO5S. The average Bonchev–Trinajstić information content (AvgIpc) is 2.38. The number of carboxylic acid groups (broad SMARTS) is 1. The van der Waals surface area contributed by atoms with Crippen LogP contribution in [0.25, 0.3) is 0 Å². The van der Waals surface area contributed by atoms with E-state index in [1.807, 2.05) is 0 Å².